The number of carboxylic acids is 1. The molecule has 0 heterocycles. The third kappa shape index (κ3) is 9.40. The van der Waals surface area contributed by atoms with E-state index in [1.807, 2.05) is 0 Å². The molecule has 8 nitrogen and oxygen atoms in total. The van der Waals surface area contributed by atoms with E-state index in [4.69, 9.17) is 5.11 Å². The summed E-state index contributed by atoms with van der Waals surface area (Å²) in [4.78, 5) is 32.2. The van der Waals surface area contributed by atoms with E-state index < -0.39 is 24.0 Å². The molecular weight excluding hydrogens is 242 g/mol. The molecule has 0 fully saturated rings. The van der Waals surface area contributed by atoms with Crippen molar-refractivity contribution in [2.24, 2.45) is 0 Å². The number of urea groups is 1. The van der Waals surface area contributed by atoms with Gasteiger partial charge in [0, 0.05) is 26.6 Å². The monoisotopic (exact) mass is 261 g/mol. The minimum Gasteiger partial charge on any atom is -0.481 e. The Bertz CT molecular complexity index is 317. The summed E-state index contributed by atoms with van der Waals surface area (Å²) < 4.78 is 0. The molecule has 8 heteroatoms. The summed E-state index contributed by atoms with van der Waals surface area (Å²) in [6, 6.07) is -0.536. The zero-order valence-electron chi connectivity index (χ0n) is 10.4. The Morgan fingerprint density at radius 3 is 2.17 bits per heavy atom. The standard InChI is InChI=1S/C10H19N3O5/c1-7(14)11-3-4-12-9(17)13-6-10(2,18)5-8(15)16/h18H,3-6H2,1-2H3,(H,11,14)(H,15,16)(H2,12,13,17). The lowest BCUT2D eigenvalue weighted by atomic mass is 10.0. The Morgan fingerprint density at radius 2 is 1.67 bits per heavy atom. The van der Waals surface area contributed by atoms with Crippen LogP contribution in [0.2, 0.25) is 0 Å². The van der Waals surface area contributed by atoms with Crippen molar-refractivity contribution in [1.82, 2.24) is 16.0 Å². The summed E-state index contributed by atoms with van der Waals surface area (Å²) in [7, 11) is 0. The smallest absolute Gasteiger partial charge is 0.314 e. The summed E-state index contributed by atoms with van der Waals surface area (Å²) in [5, 5.41) is 25.4. The van der Waals surface area contributed by atoms with Gasteiger partial charge in [-0.1, -0.05) is 0 Å². The van der Waals surface area contributed by atoms with Crippen molar-refractivity contribution < 1.29 is 24.6 Å². The number of carbonyl (C=O) groups excluding carboxylic acids is 2. The zero-order chi connectivity index (χ0) is 14.2. The molecule has 3 amide bonds. The van der Waals surface area contributed by atoms with Crippen molar-refractivity contribution in [3.63, 3.8) is 0 Å². The maximum Gasteiger partial charge on any atom is 0.314 e. The molecule has 0 aliphatic carbocycles. The van der Waals surface area contributed by atoms with Crippen LogP contribution in [-0.2, 0) is 9.59 Å². The average molecular weight is 261 g/mol. The predicted octanol–water partition coefficient (Wildman–Crippen LogP) is -1.35. The lowest BCUT2D eigenvalue weighted by Gasteiger charge is -2.21. The second kappa shape index (κ2) is 7.49. The Kier molecular flexibility index (Phi) is 6.73. The molecule has 18 heavy (non-hydrogen) atoms. The number of nitrogens with one attached hydrogen (secondary N) is 3. The summed E-state index contributed by atoms with van der Waals surface area (Å²) in [5.74, 6) is -1.34. The van der Waals surface area contributed by atoms with Gasteiger partial charge in [0.2, 0.25) is 5.91 Å². The molecule has 0 saturated heterocycles. The van der Waals surface area contributed by atoms with E-state index in [9.17, 15) is 19.5 Å². The number of hydrogen-bond acceptors (Lipinski definition) is 4. The third-order valence-corrected chi connectivity index (χ3v) is 1.95. The van der Waals surface area contributed by atoms with Gasteiger partial charge in [-0.3, -0.25) is 9.59 Å². The van der Waals surface area contributed by atoms with Crippen LogP contribution in [0.25, 0.3) is 0 Å². The summed E-state index contributed by atoms with van der Waals surface area (Å²) >= 11 is 0. The number of carboxylic acid groups (broad SMARTS) is 1. The normalized spacial score (nSPS) is 13.3. The maximum atomic E-state index is 11.2. The number of amides is 3. The quantitative estimate of drug-likeness (QED) is 0.362. The lowest BCUT2D eigenvalue weighted by molar-refractivity contribution is -0.141. The van der Waals surface area contributed by atoms with Gasteiger partial charge in [0.25, 0.3) is 0 Å². The van der Waals surface area contributed by atoms with Crippen LogP contribution in [0.4, 0.5) is 4.79 Å². The summed E-state index contributed by atoms with van der Waals surface area (Å²) in [5.41, 5.74) is -1.50. The Balaban J connectivity index is 3.76. The Labute approximate surface area is 105 Å². The van der Waals surface area contributed by atoms with Crippen molar-refractivity contribution in [2.45, 2.75) is 25.9 Å². The molecule has 0 aromatic heterocycles. The van der Waals surface area contributed by atoms with Gasteiger partial charge < -0.3 is 26.2 Å². The van der Waals surface area contributed by atoms with Gasteiger partial charge in [-0.05, 0) is 6.92 Å². The molecule has 0 bridgehead atoms. The molecule has 1 unspecified atom stereocenters. The van der Waals surface area contributed by atoms with Crippen LogP contribution >= 0.6 is 0 Å². The van der Waals surface area contributed by atoms with Gasteiger partial charge in [0.1, 0.15) is 0 Å². The first-order valence-electron chi connectivity index (χ1n) is 5.43. The number of carbonyl (C=O) groups is 3. The predicted molar refractivity (Wildman–Crippen MR) is 63.0 cm³/mol. The van der Waals surface area contributed by atoms with E-state index in [0.717, 1.165) is 0 Å². The fraction of sp³-hybridized carbons (Fsp3) is 0.700. The highest BCUT2D eigenvalue weighted by Gasteiger charge is 2.24. The molecule has 0 aliphatic heterocycles. The number of aliphatic hydroxyl groups is 1. The molecule has 0 aliphatic rings. The third-order valence-electron chi connectivity index (χ3n) is 1.95. The topological polar surface area (TPSA) is 128 Å². The van der Waals surface area contributed by atoms with Crippen LogP contribution in [0.3, 0.4) is 0 Å². The minimum atomic E-state index is -1.50. The Hall–Kier alpha value is -1.83. The summed E-state index contributed by atoms with van der Waals surface area (Å²) in [6.45, 7) is 3.05. The van der Waals surface area contributed by atoms with Gasteiger partial charge in [0.15, 0.2) is 0 Å². The van der Waals surface area contributed by atoms with Gasteiger partial charge in [-0.2, -0.15) is 0 Å². The van der Waals surface area contributed by atoms with E-state index in [2.05, 4.69) is 16.0 Å². The SMILES string of the molecule is CC(=O)NCCNC(=O)NCC(C)(O)CC(=O)O. The van der Waals surface area contributed by atoms with E-state index in [1.165, 1.54) is 13.8 Å². The molecule has 1 atom stereocenters. The highest BCUT2D eigenvalue weighted by Crippen LogP contribution is 2.06. The van der Waals surface area contributed by atoms with E-state index in [1.54, 1.807) is 0 Å². The van der Waals surface area contributed by atoms with Gasteiger partial charge in [-0.25, -0.2) is 4.79 Å². The number of hydrogen-bond donors (Lipinski definition) is 5. The molecule has 0 saturated carbocycles. The fourth-order valence-electron chi connectivity index (χ4n) is 1.14. The largest absolute Gasteiger partial charge is 0.481 e. The van der Waals surface area contributed by atoms with Crippen LogP contribution < -0.4 is 16.0 Å². The van der Waals surface area contributed by atoms with Crippen LogP contribution in [-0.4, -0.2) is 53.4 Å². The molecule has 0 radical (unpaired) electrons. The van der Waals surface area contributed by atoms with Crippen LogP contribution in [0, 0.1) is 0 Å². The highest BCUT2D eigenvalue weighted by atomic mass is 16.4. The molecule has 0 aromatic rings. The number of rotatable bonds is 7. The zero-order valence-corrected chi connectivity index (χ0v) is 10.4. The molecule has 5 N–H and O–H groups in total. The molecule has 0 spiro atoms. The Morgan fingerprint density at radius 1 is 1.11 bits per heavy atom. The van der Waals surface area contributed by atoms with Crippen molar-refractivity contribution in [3.8, 4) is 0 Å². The lowest BCUT2D eigenvalue weighted by Crippen LogP contribution is -2.47. The fourth-order valence-corrected chi connectivity index (χ4v) is 1.14. The maximum absolute atomic E-state index is 11.2. The van der Waals surface area contributed by atoms with Crippen molar-refractivity contribution in [1.29, 1.82) is 0 Å². The van der Waals surface area contributed by atoms with Crippen LogP contribution in [0.1, 0.15) is 20.3 Å². The van der Waals surface area contributed by atoms with Crippen LogP contribution in [0.5, 0.6) is 0 Å². The van der Waals surface area contributed by atoms with E-state index in [0.29, 0.717) is 6.54 Å². The van der Waals surface area contributed by atoms with Gasteiger partial charge >= 0.3 is 12.0 Å². The first-order chi connectivity index (χ1) is 8.23. The van der Waals surface area contributed by atoms with Gasteiger partial charge in [0.05, 0.1) is 12.0 Å². The summed E-state index contributed by atoms with van der Waals surface area (Å²) in [6.07, 6.45) is -0.459. The molecule has 0 aromatic carbocycles. The molecular formula is C10H19N3O5. The molecule has 0 rings (SSSR count). The highest BCUT2D eigenvalue weighted by molar-refractivity contribution is 5.75. The average Bonchev–Trinajstić information content (AvgIpc) is 2.19. The van der Waals surface area contributed by atoms with Crippen LogP contribution in [0.15, 0.2) is 0 Å². The van der Waals surface area contributed by atoms with Crippen molar-refractivity contribution in [2.75, 3.05) is 19.6 Å². The van der Waals surface area contributed by atoms with E-state index >= 15 is 0 Å². The first kappa shape index (κ1) is 16.2. The van der Waals surface area contributed by atoms with Crippen molar-refractivity contribution >= 4 is 17.9 Å². The van der Waals surface area contributed by atoms with E-state index in [-0.39, 0.29) is 19.0 Å². The van der Waals surface area contributed by atoms with Crippen molar-refractivity contribution in [3.05, 3.63) is 0 Å². The second-order valence-corrected chi connectivity index (χ2v) is 4.16. The van der Waals surface area contributed by atoms with Gasteiger partial charge in [-0.15, -0.1) is 0 Å². The number of aliphatic carboxylic acids is 1. The first-order valence-corrected chi connectivity index (χ1v) is 5.43. The minimum absolute atomic E-state index is 0.175. The molecule has 104 valence electrons. The second-order valence-electron chi connectivity index (χ2n) is 4.16.